The molecule has 0 unspecified atom stereocenters. The minimum atomic E-state index is -0.0615. The van der Waals surface area contributed by atoms with Crippen LogP contribution in [0.1, 0.15) is 24.4 Å². The third kappa shape index (κ3) is 2.87. The first-order valence-electron chi connectivity index (χ1n) is 5.41. The van der Waals surface area contributed by atoms with Gasteiger partial charge in [-0.05, 0) is 25.5 Å². The first-order valence-corrected chi connectivity index (χ1v) is 5.41. The van der Waals surface area contributed by atoms with E-state index in [1.165, 1.54) is 0 Å². The van der Waals surface area contributed by atoms with Crippen LogP contribution in [0.5, 0.6) is 11.5 Å². The monoisotopic (exact) mass is 224 g/mol. The van der Waals surface area contributed by atoms with Crippen molar-refractivity contribution in [3.05, 3.63) is 23.8 Å². The molecule has 0 aromatic heterocycles. The molecule has 1 aromatic rings. The summed E-state index contributed by atoms with van der Waals surface area (Å²) in [5.74, 6) is 1.43. The van der Waals surface area contributed by atoms with E-state index in [-0.39, 0.29) is 6.04 Å². The summed E-state index contributed by atoms with van der Waals surface area (Å²) >= 11 is 0. The van der Waals surface area contributed by atoms with Gasteiger partial charge >= 0.3 is 0 Å². The number of rotatable bonds is 6. The summed E-state index contributed by atoms with van der Waals surface area (Å²) in [6.07, 6.45) is 1.75. The van der Waals surface area contributed by atoms with Gasteiger partial charge in [-0.15, -0.1) is 0 Å². The summed E-state index contributed by atoms with van der Waals surface area (Å²) in [5, 5.41) is 0. The minimum absolute atomic E-state index is 0.0615. The van der Waals surface area contributed by atoms with Crippen molar-refractivity contribution in [2.45, 2.75) is 18.9 Å². The molecule has 0 aliphatic rings. The van der Waals surface area contributed by atoms with Gasteiger partial charge in [-0.2, -0.15) is 0 Å². The topological polar surface area (TPSA) is 70.5 Å². The Hall–Kier alpha value is -1.26. The number of hydrogen-bond donors (Lipinski definition) is 2. The van der Waals surface area contributed by atoms with Gasteiger partial charge in [0.05, 0.1) is 14.2 Å². The Morgan fingerprint density at radius 2 is 2.00 bits per heavy atom. The van der Waals surface area contributed by atoms with E-state index in [0.29, 0.717) is 12.3 Å². The van der Waals surface area contributed by atoms with E-state index in [1.807, 2.05) is 18.2 Å². The van der Waals surface area contributed by atoms with Crippen LogP contribution in [0.3, 0.4) is 0 Å². The average molecular weight is 224 g/mol. The van der Waals surface area contributed by atoms with Crippen LogP contribution in [0.15, 0.2) is 18.2 Å². The molecule has 16 heavy (non-hydrogen) atoms. The molecule has 0 amide bonds. The maximum Gasteiger partial charge on any atom is 0.165 e. The molecule has 4 N–H and O–H groups in total. The van der Waals surface area contributed by atoms with Crippen LogP contribution in [0, 0.1) is 0 Å². The molecule has 0 bridgehead atoms. The maximum atomic E-state index is 6.09. The van der Waals surface area contributed by atoms with Crippen molar-refractivity contribution in [3.8, 4) is 11.5 Å². The number of nitrogens with two attached hydrogens (primary N) is 2. The van der Waals surface area contributed by atoms with Crippen molar-refractivity contribution in [1.29, 1.82) is 0 Å². The molecule has 0 aliphatic heterocycles. The molecule has 0 spiro atoms. The van der Waals surface area contributed by atoms with Crippen LogP contribution in [-0.4, -0.2) is 20.8 Å². The fraction of sp³-hybridized carbons (Fsp3) is 0.500. The smallest absolute Gasteiger partial charge is 0.165 e. The molecule has 0 aliphatic carbocycles. The second-order valence-electron chi connectivity index (χ2n) is 3.62. The zero-order valence-electron chi connectivity index (χ0n) is 9.90. The van der Waals surface area contributed by atoms with E-state index >= 15 is 0 Å². The molecule has 1 rings (SSSR count). The van der Waals surface area contributed by atoms with Crippen molar-refractivity contribution in [3.63, 3.8) is 0 Å². The Kier molecular flexibility index (Phi) is 5.08. The van der Waals surface area contributed by atoms with E-state index in [4.69, 9.17) is 20.9 Å². The molecule has 0 saturated carbocycles. The molecule has 0 heterocycles. The highest BCUT2D eigenvalue weighted by Crippen LogP contribution is 2.34. The van der Waals surface area contributed by atoms with Crippen LogP contribution in [-0.2, 0) is 0 Å². The summed E-state index contributed by atoms with van der Waals surface area (Å²) in [6, 6.07) is 5.67. The number of hydrogen-bond acceptors (Lipinski definition) is 4. The lowest BCUT2D eigenvalue weighted by Gasteiger charge is -2.17. The standard InChI is InChI=1S/C12H20N2O2/c1-15-11-7-3-5-9(12(11)16-2)10(14)6-4-8-13/h3,5,7,10H,4,6,8,13-14H2,1-2H3/t10-/m0/s1. The molecule has 4 heteroatoms. The normalized spacial score (nSPS) is 12.2. The fourth-order valence-electron chi connectivity index (χ4n) is 1.70. The van der Waals surface area contributed by atoms with Gasteiger partial charge in [0.15, 0.2) is 11.5 Å². The SMILES string of the molecule is COc1cccc([C@@H](N)CCCN)c1OC. The van der Waals surface area contributed by atoms with Crippen molar-refractivity contribution < 1.29 is 9.47 Å². The summed E-state index contributed by atoms with van der Waals surface area (Å²) in [5.41, 5.74) is 12.5. The van der Waals surface area contributed by atoms with Gasteiger partial charge in [0, 0.05) is 11.6 Å². The van der Waals surface area contributed by atoms with Gasteiger partial charge in [0.2, 0.25) is 0 Å². The highest BCUT2D eigenvalue weighted by molar-refractivity contribution is 5.47. The van der Waals surface area contributed by atoms with E-state index in [2.05, 4.69) is 0 Å². The Labute approximate surface area is 96.5 Å². The third-order valence-electron chi connectivity index (χ3n) is 2.55. The first-order chi connectivity index (χ1) is 7.74. The van der Waals surface area contributed by atoms with Gasteiger partial charge in [-0.25, -0.2) is 0 Å². The van der Waals surface area contributed by atoms with E-state index in [9.17, 15) is 0 Å². The summed E-state index contributed by atoms with van der Waals surface area (Å²) < 4.78 is 10.6. The molecular formula is C12H20N2O2. The molecule has 4 nitrogen and oxygen atoms in total. The van der Waals surface area contributed by atoms with Crippen LogP contribution in [0.4, 0.5) is 0 Å². The lowest BCUT2D eigenvalue weighted by Crippen LogP contribution is -2.13. The number of ether oxygens (including phenoxy) is 2. The van der Waals surface area contributed by atoms with Gasteiger partial charge < -0.3 is 20.9 Å². The summed E-state index contributed by atoms with van der Waals surface area (Å²) in [6.45, 7) is 0.653. The highest BCUT2D eigenvalue weighted by atomic mass is 16.5. The quantitative estimate of drug-likeness (QED) is 0.767. The molecular weight excluding hydrogens is 204 g/mol. The van der Waals surface area contributed by atoms with Crippen LogP contribution in [0.25, 0.3) is 0 Å². The van der Waals surface area contributed by atoms with Crippen molar-refractivity contribution in [2.24, 2.45) is 11.5 Å². The van der Waals surface area contributed by atoms with Crippen LogP contribution >= 0.6 is 0 Å². The summed E-state index contributed by atoms with van der Waals surface area (Å²) in [4.78, 5) is 0. The highest BCUT2D eigenvalue weighted by Gasteiger charge is 2.15. The largest absolute Gasteiger partial charge is 0.493 e. The number of benzene rings is 1. The van der Waals surface area contributed by atoms with Crippen molar-refractivity contribution >= 4 is 0 Å². The van der Waals surface area contributed by atoms with Crippen molar-refractivity contribution in [1.82, 2.24) is 0 Å². The van der Waals surface area contributed by atoms with Crippen molar-refractivity contribution in [2.75, 3.05) is 20.8 Å². The van der Waals surface area contributed by atoms with E-state index in [1.54, 1.807) is 14.2 Å². The molecule has 90 valence electrons. The lowest BCUT2D eigenvalue weighted by atomic mass is 10.0. The second kappa shape index (κ2) is 6.35. The average Bonchev–Trinajstić information content (AvgIpc) is 2.34. The first kappa shape index (κ1) is 12.8. The van der Waals surface area contributed by atoms with Gasteiger partial charge in [0.25, 0.3) is 0 Å². The predicted molar refractivity (Wildman–Crippen MR) is 64.8 cm³/mol. The molecule has 1 atom stereocenters. The summed E-state index contributed by atoms with van der Waals surface area (Å²) in [7, 11) is 3.24. The third-order valence-corrected chi connectivity index (χ3v) is 2.55. The van der Waals surface area contributed by atoms with Crippen LogP contribution < -0.4 is 20.9 Å². The molecule has 0 fully saturated rings. The predicted octanol–water partition coefficient (Wildman–Crippen LogP) is 1.44. The van der Waals surface area contributed by atoms with Gasteiger partial charge in [-0.3, -0.25) is 0 Å². The number of para-hydroxylation sites is 1. The Balaban J connectivity index is 2.93. The van der Waals surface area contributed by atoms with E-state index in [0.717, 1.165) is 24.2 Å². The molecule has 0 radical (unpaired) electrons. The van der Waals surface area contributed by atoms with E-state index < -0.39 is 0 Å². The zero-order chi connectivity index (χ0) is 12.0. The maximum absolute atomic E-state index is 6.09. The minimum Gasteiger partial charge on any atom is -0.493 e. The van der Waals surface area contributed by atoms with Crippen LogP contribution in [0.2, 0.25) is 0 Å². The Bertz CT molecular complexity index is 329. The lowest BCUT2D eigenvalue weighted by molar-refractivity contribution is 0.348. The molecule has 0 saturated heterocycles. The number of methoxy groups -OCH3 is 2. The Morgan fingerprint density at radius 3 is 2.56 bits per heavy atom. The second-order valence-corrected chi connectivity index (χ2v) is 3.62. The van der Waals surface area contributed by atoms with Gasteiger partial charge in [-0.1, -0.05) is 12.1 Å². The Morgan fingerprint density at radius 1 is 1.25 bits per heavy atom. The van der Waals surface area contributed by atoms with Gasteiger partial charge in [0.1, 0.15) is 0 Å². The zero-order valence-corrected chi connectivity index (χ0v) is 9.90. The molecule has 1 aromatic carbocycles. The fourth-order valence-corrected chi connectivity index (χ4v) is 1.70.